The summed E-state index contributed by atoms with van der Waals surface area (Å²) in [7, 11) is 0. The predicted molar refractivity (Wildman–Crippen MR) is 92.5 cm³/mol. The van der Waals surface area contributed by atoms with Crippen molar-refractivity contribution in [1.29, 1.82) is 0 Å². The van der Waals surface area contributed by atoms with Crippen LogP contribution in [0.2, 0.25) is 0 Å². The third-order valence-corrected chi connectivity index (χ3v) is 4.97. The minimum atomic E-state index is -0.300. The van der Waals surface area contributed by atoms with Crippen molar-refractivity contribution < 1.29 is 9.13 Å². The minimum absolute atomic E-state index is 0.0978. The van der Waals surface area contributed by atoms with Crippen molar-refractivity contribution in [3.63, 3.8) is 0 Å². The molecule has 3 aromatic rings. The van der Waals surface area contributed by atoms with Gasteiger partial charge >= 0.3 is 0 Å². The Balaban J connectivity index is 1.79. The van der Waals surface area contributed by atoms with Crippen LogP contribution in [0.5, 0.6) is 0 Å². The van der Waals surface area contributed by atoms with Gasteiger partial charge in [-0.2, -0.15) is 0 Å². The van der Waals surface area contributed by atoms with E-state index >= 15 is 0 Å². The van der Waals surface area contributed by atoms with Gasteiger partial charge in [0.2, 0.25) is 0 Å². The Bertz CT molecular complexity index is 992. The third-order valence-electron chi connectivity index (χ3n) is 4.97. The van der Waals surface area contributed by atoms with Gasteiger partial charge in [0.1, 0.15) is 17.2 Å². The quantitative estimate of drug-likeness (QED) is 0.736. The van der Waals surface area contributed by atoms with Gasteiger partial charge in [0, 0.05) is 24.4 Å². The average molecular weight is 341 g/mol. The molecule has 2 unspecified atom stereocenters. The van der Waals surface area contributed by atoms with Crippen LogP contribution >= 0.6 is 0 Å². The molecule has 0 radical (unpaired) electrons. The lowest BCUT2D eigenvalue weighted by Gasteiger charge is -2.15. The van der Waals surface area contributed by atoms with Crippen molar-refractivity contribution in [3.05, 3.63) is 69.9 Å². The molecule has 1 aromatic carbocycles. The highest BCUT2D eigenvalue weighted by Crippen LogP contribution is 2.30. The summed E-state index contributed by atoms with van der Waals surface area (Å²) in [5, 5.41) is 0. The highest BCUT2D eigenvalue weighted by molar-refractivity contribution is 5.45. The number of rotatable bonds is 3. The minimum Gasteiger partial charge on any atom is -0.378 e. The van der Waals surface area contributed by atoms with Gasteiger partial charge in [0.05, 0.1) is 18.8 Å². The van der Waals surface area contributed by atoms with Crippen LogP contribution in [-0.2, 0) is 11.3 Å². The molecule has 0 N–H and O–H groups in total. The Hall–Kier alpha value is -2.47. The van der Waals surface area contributed by atoms with E-state index in [0.717, 1.165) is 30.1 Å². The van der Waals surface area contributed by atoms with Gasteiger partial charge in [-0.15, -0.1) is 0 Å². The van der Waals surface area contributed by atoms with Gasteiger partial charge in [-0.25, -0.2) is 9.37 Å². The highest BCUT2D eigenvalue weighted by atomic mass is 19.1. The zero-order chi connectivity index (χ0) is 17.6. The van der Waals surface area contributed by atoms with Gasteiger partial charge < -0.3 is 9.30 Å². The first-order valence-electron chi connectivity index (χ1n) is 8.48. The molecule has 130 valence electrons. The topological polar surface area (TPSA) is 48.5 Å². The van der Waals surface area contributed by atoms with E-state index in [0.29, 0.717) is 12.1 Å². The lowest BCUT2D eigenvalue weighted by atomic mass is 10.0. The summed E-state index contributed by atoms with van der Waals surface area (Å²) in [5.74, 6) is 0.768. The molecule has 2 aromatic heterocycles. The summed E-state index contributed by atoms with van der Waals surface area (Å²) in [4.78, 5) is 17.4. The Labute approximate surface area is 144 Å². The number of hydrogen-bond acceptors (Lipinski definition) is 3. The van der Waals surface area contributed by atoms with Crippen molar-refractivity contribution >= 4 is 5.52 Å². The smallest absolute Gasteiger partial charge is 0.276 e. The van der Waals surface area contributed by atoms with Crippen molar-refractivity contribution in [2.24, 2.45) is 0 Å². The van der Waals surface area contributed by atoms with Crippen molar-refractivity contribution in [1.82, 2.24) is 14.0 Å². The number of benzene rings is 1. The SMILES string of the molecule is Cc1cn2c(C3CCOC3C)ncc2c(=O)n1Cc1cccc(F)c1. The first-order chi connectivity index (χ1) is 12.0. The van der Waals surface area contributed by atoms with Crippen molar-refractivity contribution in [2.45, 2.75) is 38.8 Å². The molecule has 0 saturated carbocycles. The number of halogens is 1. The van der Waals surface area contributed by atoms with Crippen LogP contribution in [0.4, 0.5) is 4.39 Å². The zero-order valence-electron chi connectivity index (χ0n) is 14.3. The maximum atomic E-state index is 13.4. The molecule has 3 heterocycles. The molecule has 25 heavy (non-hydrogen) atoms. The largest absolute Gasteiger partial charge is 0.378 e. The molecule has 6 heteroatoms. The van der Waals surface area contributed by atoms with E-state index in [1.165, 1.54) is 12.1 Å². The zero-order valence-corrected chi connectivity index (χ0v) is 14.3. The monoisotopic (exact) mass is 341 g/mol. The second kappa shape index (κ2) is 6.11. The Morgan fingerprint density at radius 1 is 1.40 bits per heavy atom. The van der Waals surface area contributed by atoms with Crippen molar-refractivity contribution in [2.75, 3.05) is 6.61 Å². The number of nitrogens with zero attached hydrogens (tertiary/aromatic N) is 3. The number of aromatic nitrogens is 3. The molecule has 0 aliphatic carbocycles. The lowest BCUT2D eigenvalue weighted by molar-refractivity contribution is 0.117. The van der Waals surface area contributed by atoms with E-state index in [2.05, 4.69) is 4.98 Å². The molecule has 1 aliphatic heterocycles. The molecule has 4 rings (SSSR count). The number of ether oxygens (including phenoxy) is 1. The summed E-state index contributed by atoms with van der Waals surface area (Å²) in [6.07, 6.45) is 4.57. The molecule has 1 aliphatic rings. The van der Waals surface area contributed by atoms with Crippen LogP contribution in [0.1, 0.15) is 36.3 Å². The van der Waals surface area contributed by atoms with Crippen LogP contribution < -0.4 is 5.56 Å². The van der Waals surface area contributed by atoms with E-state index in [9.17, 15) is 9.18 Å². The highest BCUT2D eigenvalue weighted by Gasteiger charge is 2.29. The van der Waals surface area contributed by atoms with Gasteiger partial charge in [-0.05, 0) is 38.0 Å². The third kappa shape index (κ3) is 2.76. The van der Waals surface area contributed by atoms with E-state index in [4.69, 9.17) is 4.74 Å². The Kier molecular flexibility index (Phi) is 3.92. The summed E-state index contributed by atoms with van der Waals surface area (Å²) >= 11 is 0. The molecule has 5 nitrogen and oxygen atoms in total. The standard InChI is InChI=1S/C19H20FN3O2/c1-12-10-23-17(9-21-18(23)16-6-7-25-13(16)2)19(24)22(12)11-14-4-3-5-15(20)8-14/h3-5,8-10,13,16H,6-7,11H2,1-2H3. The second-order valence-corrected chi connectivity index (χ2v) is 6.63. The molecule has 2 atom stereocenters. The fourth-order valence-corrected chi connectivity index (χ4v) is 3.58. The molecule has 1 saturated heterocycles. The van der Waals surface area contributed by atoms with E-state index in [1.807, 2.05) is 30.5 Å². The summed E-state index contributed by atoms with van der Waals surface area (Å²) in [5.41, 5.74) is 1.99. The fraction of sp³-hybridized carbons (Fsp3) is 0.368. The van der Waals surface area contributed by atoms with Crippen LogP contribution in [0.3, 0.4) is 0 Å². The Morgan fingerprint density at radius 3 is 2.96 bits per heavy atom. The fourth-order valence-electron chi connectivity index (χ4n) is 3.58. The van der Waals surface area contributed by atoms with Crippen LogP contribution in [-0.4, -0.2) is 26.7 Å². The van der Waals surface area contributed by atoms with Crippen LogP contribution in [0.15, 0.2) is 41.5 Å². The van der Waals surface area contributed by atoms with Crippen molar-refractivity contribution in [3.8, 4) is 0 Å². The van der Waals surface area contributed by atoms with E-state index in [-0.39, 0.29) is 23.4 Å². The number of hydrogen-bond donors (Lipinski definition) is 0. The maximum absolute atomic E-state index is 13.4. The molecule has 1 fully saturated rings. The molecule has 0 amide bonds. The van der Waals surface area contributed by atoms with E-state index in [1.54, 1.807) is 16.8 Å². The van der Waals surface area contributed by atoms with Gasteiger partial charge in [-0.1, -0.05) is 12.1 Å². The van der Waals surface area contributed by atoms with Gasteiger partial charge in [0.25, 0.3) is 5.56 Å². The second-order valence-electron chi connectivity index (χ2n) is 6.63. The molecule has 0 spiro atoms. The first-order valence-corrected chi connectivity index (χ1v) is 8.48. The summed E-state index contributed by atoms with van der Waals surface area (Å²) < 4.78 is 22.6. The van der Waals surface area contributed by atoms with Crippen LogP contribution in [0.25, 0.3) is 5.52 Å². The molecular weight excluding hydrogens is 321 g/mol. The first kappa shape index (κ1) is 16.0. The summed E-state index contributed by atoms with van der Waals surface area (Å²) in [6, 6.07) is 6.33. The molecular formula is C19H20FN3O2. The van der Waals surface area contributed by atoms with Gasteiger partial charge in [0.15, 0.2) is 0 Å². The number of imidazole rings is 1. The summed E-state index contributed by atoms with van der Waals surface area (Å²) in [6.45, 7) is 4.98. The van der Waals surface area contributed by atoms with E-state index < -0.39 is 0 Å². The normalized spacial score (nSPS) is 20.4. The number of aryl methyl sites for hydroxylation is 1. The van der Waals surface area contributed by atoms with Crippen LogP contribution in [0, 0.1) is 12.7 Å². The Morgan fingerprint density at radius 2 is 2.24 bits per heavy atom. The van der Waals surface area contributed by atoms with Gasteiger partial charge in [-0.3, -0.25) is 9.20 Å². The molecule has 0 bridgehead atoms. The lowest BCUT2D eigenvalue weighted by Crippen LogP contribution is -2.25. The maximum Gasteiger partial charge on any atom is 0.276 e. The average Bonchev–Trinajstić information content (AvgIpc) is 3.17. The number of fused-ring (bicyclic) bond motifs is 1. The predicted octanol–water partition coefficient (Wildman–Crippen LogP) is 2.88.